The van der Waals surface area contributed by atoms with E-state index in [-0.39, 0.29) is 24.6 Å². The molecule has 0 spiro atoms. The molecule has 126 valence electrons. The number of benzene rings is 1. The summed E-state index contributed by atoms with van der Waals surface area (Å²) >= 11 is 0. The predicted molar refractivity (Wildman–Crippen MR) is 85.9 cm³/mol. The summed E-state index contributed by atoms with van der Waals surface area (Å²) in [7, 11) is 1.66. The first kappa shape index (κ1) is 17.3. The van der Waals surface area contributed by atoms with E-state index in [4.69, 9.17) is 5.11 Å². The number of urea groups is 1. The van der Waals surface area contributed by atoms with Crippen molar-refractivity contribution in [1.29, 1.82) is 0 Å². The summed E-state index contributed by atoms with van der Waals surface area (Å²) in [4.78, 5) is 24.8. The molecule has 1 unspecified atom stereocenters. The van der Waals surface area contributed by atoms with Crippen molar-refractivity contribution >= 4 is 12.0 Å². The first-order valence-electron chi connectivity index (χ1n) is 7.95. The second-order valence-electron chi connectivity index (χ2n) is 6.06. The van der Waals surface area contributed by atoms with Gasteiger partial charge < -0.3 is 20.4 Å². The minimum atomic E-state index is -0.753. The summed E-state index contributed by atoms with van der Waals surface area (Å²) in [5, 5.41) is 21.6. The van der Waals surface area contributed by atoms with Crippen molar-refractivity contribution in [3.8, 4) is 0 Å². The molecule has 0 saturated heterocycles. The monoisotopic (exact) mass is 320 g/mol. The van der Waals surface area contributed by atoms with Gasteiger partial charge in [0.15, 0.2) is 0 Å². The number of hydrogen-bond acceptors (Lipinski definition) is 3. The van der Waals surface area contributed by atoms with E-state index in [1.807, 2.05) is 30.3 Å². The molecule has 2 amide bonds. The Hall–Kier alpha value is -2.08. The molecule has 2 rings (SSSR count). The molecule has 0 heterocycles. The lowest BCUT2D eigenvalue weighted by atomic mass is 9.86. The Morgan fingerprint density at radius 2 is 1.83 bits per heavy atom. The first-order valence-corrected chi connectivity index (χ1v) is 7.95. The van der Waals surface area contributed by atoms with E-state index in [0.29, 0.717) is 25.7 Å². The smallest absolute Gasteiger partial charge is 0.317 e. The zero-order chi connectivity index (χ0) is 16.8. The molecular formula is C17H24N2O4. The van der Waals surface area contributed by atoms with Crippen molar-refractivity contribution < 1.29 is 19.8 Å². The SMILES string of the molecule is CN(C(=O)NC1CCC(C(=O)O)CC1)C(CO)c1ccccc1. The van der Waals surface area contributed by atoms with E-state index >= 15 is 0 Å². The number of aliphatic hydroxyl groups is 1. The average Bonchev–Trinajstić information content (AvgIpc) is 2.57. The van der Waals surface area contributed by atoms with Crippen LogP contribution in [0.15, 0.2) is 30.3 Å². The molecule has 6 heteroatoms. The lowest BCUT2D eigenvalue weighted by Gasteiger charge is -2.32. The van der Waals surface area contributed by atoms with Crippen LogP contribution >= 0.6 is 0 Å². The number of nitrogens with zero attached hydrogens (tertiary/aromatic N) is 1. The van der Waals surface area contributed by atoms with Crippen LogP contribution in [-0.2, 0) is 4.79 Å². The third kappa shape index (κ3) is 4.45. The molecule has 6 nitrogen and oxygen atoms in total. The zero-order valence-corrected chi connectivity index (χ0v) is 13.3. The molecule has 1 aliphatic rings. The van der Waals surface area contributed by atoms with Gasteiger partial charge in [-0.25, -0.2) is 4.79 Å². The molecule has 23 heavy (non-hydrogen) atoms. The van der Waals surface area contributed by atoms with E-state index in [1.54, 1.807) is 7.05 Å². The molecule has 0 bridgehead atoms. The average molecular weight is 320 g/mol. The summed E-state index contributed by atoms with van der Waals surface area (Å²) in [5.41, 5.74) is 0.877. The highest BCUT2D eigenvalue weighted by Crippen LogP contribution is 2.25. The van der Waals surface area contributed by atoms with Crippen LogP contribution in [0.3, 0.4) is 0 Å². The summed E-state index contributed by atoms with van der Waals surface area (Å²) in [6, 6.07) is 8.74. The molecule has 1 saturated carbocycles. The van der Waals surface area contributed by atoms with Crippen LogP contribution in [0.25, 0.3) is 0 Å². The van der Waals surface area contributed by atoms with Crippen LogP contribution < -0.4 is 5.32 Å². The Balaban J connectivity index is 1.91. The van der Waals surface area contributed by atoms with E-state index in [1.165, 1.54) is 4.90 Å². The van der Waals surface area contributed by atoms with Gasteiger partial charge in [0.05, 0.1) is 18.6 Å². The Bertz CT molecular complexity index is 527. The second kappa shape index (κ2) is 7.97. The van der Waals surface area contributed by atoms with E-state index in [2.05, 4.69) is 5.32 Å². The Morgan fingerprint density at radius 1 is 1.22 bits per heavy atom. The topological polar surface area (TPSA) is 89.9 Å². The third-order valence-electron chi connectivity index (χ3n) is 4.55. The van der Waals surface area contributed by atoms with Crippen molar-refractivity contribution in [3.63, 3.8) is 0 Å². The predicted octanol–water partition coefficient (Wildman–Crippen LogP) is 2.00. The molecule has 0 aromatic heterocycles. The molecule has 0 aliphatic heterocycles. The molecular weight excluding hydrogens is 296 g/mol. The van der Waals surface area contributed by atoms with Crippen molar-refractivity contribution in [2.45, 2.75) is 37.8 Å². The number of carboxylic acid groups (broad SMARTS) is 1. The summed E-state index contributed by atoms with van der Waals surface area (Å²) in [5.74, 6) is -1.05. The van der Waals surface area contributed by atoms with Gasteiger partial charge in [-0.05, 0) is 31.2 Å². The number of rotatable bonds is 5. The van der Waals surface area contributed by atoms with Gasteiger partial charge in [0.2, 0.25) is 0 Å². The number of aliphatic hydroxyl groups excluding tert-OH is 1. The number of carbonyl (C=O) groups is 2. The normalized spacial score (nSPS) is 22.2. The Labute approximate surface area is 136 Å². The van der Waals surface area contributed by atoms with Gasteiger partial charge in [0, 0.05) is 13.1 Å². The number of nitrogens with one attached hydrogen (secondary N) is 1. The van der Waals surface area contributed by atoms with Gasteiger partial charge in [-0.1, -0.05) is 30.3 Å². The van der Waals surface area contributed by atoms with Gasteiger partial charge in [0.25, 0.3) is 0 Å². The van der Waals surface area contributed by atoms with Crippen LogP contribution in [0.2, 0.25) is 0 Å². The maximum atomic E-state index is 12.4. The minimum Gasteiger partial charge on any atom is -0.481 e. The fourth-order valence-corrected chi connectivity index (χ4v) is 3.03. The molecule has 1 atom stereocenters. The maximum absolute atomic E-state index is 12.4. The number of carbonyl (C=O) groups excluding carboxylic acids is 1. The summed E-state index contributed by atoms with van der Waals surface area (Å²) < 4.78 is 0. The van der Waals surface area contributed by atoms with Crippen molar-refractivity contribution in [2.75, 3.05) is 13.7 Å². The minimum absolute atomic E-state index is 0.00401. The molecule has 1 aliphatic carbocycles. The van der Waals surface area contributed by atoms with E-state index in [9.17, 15) is 14.7 Å². The molecule has 1 fully saturated rings. The number of carboxylic acids is 1. The third-order valence-corrected chi connectivity index (χ3v) is 4.55. The number of hydrogen-bond donors (Lipinski definition) is 3. The number of amides is 2. The van der Waals surface area contributed by atoms with E-state index < -0.39 is 12.0 Å². The van der Waals surface area contributed by atoms with Crippen LogP contribution in [-0.4, -0.2) is 46.8 Å². The highest BCUT2D eigenvalue weighted by atomic mass is 16.4. The standard InChI is InChI=1S/C17H24N2O4/c1-19(15(11-20)12-5-3-2-4-6-12)17(23)18-14-9-7-13(8-10-14)16(21)22/h2-6,13-15,20H,7-11H2,1H3,(H,18,23)(H,21,22). The lowest BCUT2D eigenvalue weighted by Crippen LogP contribution is -2.46. The van der Waals surface area contributed by atoms with Gasteiger partial charge in [-0.2, -0.15) is 0 Å². The second-order valence-corrected chi connectivity index (χ2v) is 6.06. The van der Waals surface area contributed by atoms with Crippen LogP contribution in [0.1, 0.15) is 37.3 Å². The highest BCUT2D eigenvalue weighted by Gasteiger charge is 2.28. The quantitative estimate of drug-likeness (QED) is 0.774. The van der Waals surface area contributed by atoms with Crippen molar-refractivity contribution in [3.05, 3.63) is 35.9 Å². The lowest BCUT2D eigenvalue weighted by molar-refractivity contribution is -0.142. The Morgan fingerprint density at radius 3 is 2.35 bits per heavy atom. The fourth-order valence-electron chi connectivity index (χ4n) is 3.03. The molecule has 1 aromatic carbocycles. The van der Waals surface area contributed by atoms with Crippen molar-refractivity contribution in [2.24, 2.45) is 5.92 Å². The van der Waals surface area contributed by atoms with Gasteiger partial charge in [-0.3, -0.25) is 4.79 Å². The van der Waals surface area contributed by atoms with Crippen LogP contribution in [0, 0.1) is 5.92 Å². The largest absolute Gasteiger partial charge is 0.481 e. The number of aliphatic carboxylic acids is 1. The first-order chi connectivity index (χ1) is 11.0. The number of likely N-dealkylation sites (N-methyl/N-ethyl adjacent to an activating group) is 1. The van der Waals surface area contributed by atoms with Crippen molar-refractivity contribution in [1.82, 2.24) is 10.2 Å². The van der Waals surface area contributed by atoms with E-state index in [0.717, 1.165) is 5.56 Å². The van der Waals surface area contributed by atoms with Gasteiger partial charge in [-0.15, -0.1) is 0 Å². The zero-order valence-electron chi connectivity index (χ0n) is 13.3. The van der Waals surface area contributed by atoms with Gasteiger partial charge in [0.1, 0.15) is 0 Å². The molecule has 1 aromatic rings. The van der Waals surface area contributed by atoms with Crippen LogP contribution in [0.5, 0.6) is 0 Å². The summed E-state index contributed by atoms with van der Waals surface area (Å²) in [6.07, 6.45) is 2.52. The van der Waals surface area contributed by atoms with Crippen LogP contribution in [0.4, 0.5) is 4.79 Å². The Kier molecular flexibility index (Phi) is 5.98. The maximum Gasteiger partial charge on any atom is 0.317 e. The molecule has 3 N–H and O–H groups in total. The fraction of sp³-hybridized carbons (Fsp3) is 0.529. The molecule has 0 radical (unpaired) electrons. The highest BCUT2D eigenvalue weighted by molar-refractivity contribution is 5.75. The summed E-state index contributed by atoms with van der Waals surface area (Å²) in [6.45, 7) is -0.153. The van der Waals surface area contributed by atoms with Gasteiger partial charge >= 0.3 is 12.0 Å².